The van der Waals surface area contributed by atoms with Crippen molar-refractivity contribution in [1.29, 1.82) is 0 Å². The molecule has 3 unspecified atom stereocenters. The summed E-state index contributed by atoms with van der Waals surface area (Å²) in [5.74, 6) is 1.42. The van der Waals surface area contributed by atoms with Crippen LogP contribution in [0.4, 0.5) is 0 Å². The van der Waals surface area contributed by atoms with E-state index < -0.39 is 0 Å². The molecule has 3 aliphatic rings. The number of rotatable bonds is 3. The van der Waals surface area contributed by atoms with Crippen molar-refractivity contribution in [2.24, 2.45) is 0 Å². The molecule has 0 saturated carbocycles. The van der Waals surface area contributed by atoms with Crippen LogP contribution in [0.1, 0.15) is 38.5 Å². The van der Waals surface area contributed by atoms with E-state index in [1.807, 2.05) is 0 Å². The molecule has 3 atom stereocenters. The molecule has 0 amide bonds. The third-order valence-corrected chi connectivity index (χ3v) is 3.90. The van der Waals surface area contributed by atoms with Gasteiger partial charge in [-0.3, -0.25) is 0 Å². The van der Waals surface area contributed by atoms with Gasteiger partial charge in [-0.15, -0.1) is 0 Å². The van der Waals surface area contributed by atoms with Gasteiger partial charge in [0.1, 0.15) is 0 Å². The SMILES string of the molecule is C1COC([C-](C2CCCO2)C2CCCO2)C1.[V]. The minimum absolute atomic E-state index is 0. The zero-order valence-corrected chi connectivity index (χ0v) is 11.7. The van der Waals surface area contributed by atoms with Gasteiger partial charge in [-0.1, -0.05) is 37.6 Å². The Morgan fingerprint density at radius 2 is 1.00 bits per heavy atom. The van der Waals surface area contributed by atoms with E-state index in [1.54, 1.807) is 0 Å². The van der Waals surface area contributed by atoms with Gasteiger partial charge in [-0.2, -0.15) is 0 Å². The number of hydrogen-bond donors (Lipinski definition) is 0. The normalized spacial score (nSPS) is 37.6. The molecule has 17 heavy (non-hydrogen) atoms. The summed E-state index contributed by atoms with van der Waals surface area (Å²) in [7, 11) is 0. The van der Waals surface area contributed by atoms with E-state index in [0.717, 1.165) is 39.1 Å². The first-order valence-corrected chi connectivity index (χ1v) is 6.66. The van der Waals surface area contributed by atoms with Crippen molar-refractivity contribution in [1.82, 2.24) is 0 Å². The topological polar surface area (TPSA) is 27.7 Å². The fourth-order valence-electron chi connectivity index (χ4n) is 3.14. The summed E-state index contributed by atoms with van der Waals surface area (Å²) >= 11 is 0. The first kappa shape index (κ1) is 13.9. The van der Waals surface area contributed by atoms with Gasteiger partial charge in [-0.25, -0.2) is 5.92 Å². The summed E-state index contributed by atoms with van der Waals surface area (Å²) in [6, 6.07) is 0. The Hall–Kier alpha value is 0.464. The first-order valence-electron chi connectivity index (χ1n) is 6.66. The second kappa shape index (κ2) is 6.58. The molecule has 0 bridgehead atoms. The number of hydrogen-bond acceptors (Lipinski definition) is 3. The molecule has 0 spiro atoms. The van der Waals surface area contributed by atoms with Gasteiger partial charge in [0, 0.05) is 38.4 Å². The number of ether oxygens (including phenoxy) is 3. The van der Waals surface area contributed by atoms with Crippen LogP contribution < -0.4 is 0 Å². The molecule has 0 aromatic carbocycles. The minimum atomic E-state index is 0. The predicted molar refractivity (Wildman–Crippen MR) is 60.2 cm³/mol. The van der Waals surface area contributed by atoms with Gasteiger partial charge < -0.3 is 14.2 Å². The molecule has 97 valence electrons. The second-order valence-corrected chi connectivity index (χ2v) is 5.00. The van der Waals surface area contributed by atoms with Crippen molar-refractivity contribution in [2.75, 3.05) is 19.8 Å². The van der Waals surface area contributed by atoms with Crippen molar-refractivity contribution < 1.29 is 32.8 Å². The van der Waals surface area contributed by atoms with E-state index in [-0.39, 0.29) is 18.6 Å². The fraction of sp³-hybridized carbons (Fsp3) is 0.923. The first-order chi connectivity index (χ1) is 7.95. The summed E-state index contributed by atoms with van der Waals surface area (Å²) in [5.41, 5.74) is 0. The van der Waals surface area contributed by atoms with Crippen LogP contribution in [-0.2, 0) is 32.8 Å². The zero-order valence-electron chi connectivity index (χ0n) is 10.3. The summed E-state index contributed by atoms with van der Waals surface area (Å²) in [4.78, 5) is 0. The molecule has 0 aromatic heterocycles. The second-order valence-electron chi connectivity index (χ2n) is 5.00. The molecule has 0 aliphatic carbocycles. The zero-order chi connectivity index (χ0) is 10.8. The van der Waals surface area contributed by atoms with Crippen molar-refractivity contribution >= 4 is 0 Å². The fourth-order valence-corrected chi connectivity index (χ4v) is 3.14. The van der Waals surface area contributed by atoms with Gasteiger partial charge in [-0.05, 0) is 19.3 Å². The van der Waals surface area contributed by atoms with Crippen LogP contribution in [0, 0.1) is 5.92 Å². The maximum atomic E-state index is 5.84. The molecule has 3 saturated heterocycles. The van der Waals surface area contributed by atoms with Gasteiger partial charge in [0.15, 0.2) is 0 Å². The van der Waals surface area contributed by atoms with Crippen LogP contribution >= 0.6 is 0 Å². The average Bonchev–Trinajstić information content (AvgIpc) is 3.02. The van der Waals surface area contributed by atoms with Gasteiger partial charge in [0.05, 0.1) is 0 Å². The van der Waals surface area contributed by atoms with Crippen molar-refractivity contribution in [3.05, 3.63) is 5.92 Å². The average molecular weight is 276 g/mol. The van der Waals surface area contributed by atoms with Gasteiger partial charge in [0.2, 0.25) is 0 Å². The predicted octanol–water partition coefficient (Wildman–Crippen LogP) is 2.10. The van der Waals surface area contributed by atoms with Crippen molar-refractivity contribution in [2.45, 2.75) is 56.8 Å². The molecule has 3 fully saturated rings. The van der Waals surface area contributed by atoms with Gasteiger partial charge in [0.25, 0.3) is 0 Å². The molecular weight excluding hydrogens is 255 g/mol. The third-order valence-electron chi connectivity index (χ3n) is 3.90. The third kappa shape index (κ3) is 3.08. The smallest absolute Gasteiger partial charge is 0.0434 e. The molecule has 4 heteroatoms. The quantitative estimate of drug-likeness (QED) is 0.739. The molecule has 0 N–H and O–H groups in total. The van der Waals surface area contributed by atoms with E-state index >= 15 is 0 Å². The van der Waals surface area contributed by atoms with Crippen LogP contribution in [-0.4, -0.2) is 38.1 Å². The summed E-state index contributed by atoms with van der Waals surface area (Å²) < 4.78 is 17.5. The van der Waals surface area contributed by atoms with Crippen LogP contribution in [0.25, 0.3) is 0 Å². The molecule has 3 rings (SSSR count). The van der Waals surface area contributed by atoms with E-state index in [1.165, 1.54) is 25.2 Å². The van der Waals surface area contributed by atoms with Crippen LogP contribution in [0.5, 0.6) is 0 Å². The standard InChI is InChI=1S/C13H21O3.V/c1-4-10(14-7-1)13(11-5-2-8-15-11)12-6-3-9-16-12;/h10-12H,1-9H2;/q-1;. The van der Waals surface area contributed by atoms with Gasteiger partial charge >= 0.3 is 0 Å². The van der Waals surface area contributed by atoms with E-state index in [2.05, 4.69) is 0 Å². The van der Waals surface area contributed by atoms with E-state index in [9.17, 15) is 0 Å². The van der Waals surface area contributed by atoms with E-state index in [4.69, 9.17) is 14.2 Å². The van der Waals surface area contributed by atoms with Crippen LogP contribution in [0.2, 0.25) is 0 Å². The molecule has 1 radical (unpaired) electrons. The largest absolute Gasteiger partial charge is 0.410 e. The summed E-state index contributed by atoms with van der Waals surface area (Å²) in [5, 5.41) is 0. The maximum absolute atomic E-state index is 5.84. The monoisotopic (exact) mass is 276 g/mol. The Balaban J connectivity index is 0.00000108. The molecular formula is C13H21O3V-. The Bertz CT molecular complexity index is 181. The summed E-state index contributed by atoms with van der Waals surface area (Å²) in [6.07, 6.45) is 7.98. The summed E-state index contributed by atoms with van der Waals surface area (Å²) in [6.45, 7) is 2.73. The van der Waals surface area contributed by atoms with Crippen LogP contribution in [0.3, 0.4) is 0 Å². The van der Waals surface area contributed by atoms with Crippen molar-refractivity contribution in [3.8, 4) is 0 Å². The Morgan fingerprint density at radius 1 is 0.647 bits per heavy atom. The molecule has 0 aromatic rings. The van der Waals surface area contributed by atoms with Crippen LogP contribution in [0.15, 0.2) is 0 Å². The minimum Gasteiger partial charge on any atom is -0.410 e. The Labute approximate surface area is 115 Å². The Morgan fingerprint density at radius 3 is 1.24 bits per heavy atom. The van der Waals surface area contributed by atoms with E-state index in [0.29, 0.717) is 18.3 Å². The maximum Gasteiger partial charge on any atom is 0.0434 e. The molecule has 3 heterocycles. The Kier molecular flexibility index (Phi) is 5.37. The molecule has 3 nitrogen and oxygen atoms in total. The van der Waals surface area contributed by atoms with Crippen molar-refractivity contribution in [3.63, 3.8) is 0 Å². The molecule has 3 aliphatic heterocycles.